The van der Waals surface area contributed by atoms with Gasteiger partial charge in [0, 0.05) is 11.8 Å². The number of rotatable bonds is 4. The maximum atomic E-state index is 10.9. The Morgan fingerprint density at radius 2 is 2.16 bits per heavy atom. The summed E-state index contributed by atoms with van der Waals surface area (Å²) in [4.78, 5) is 18.7. The lowest BCUT2D eigenvalue weighted by atomic mass is 10.0. The fourth-order valence-electron chi connectivity index (χ4n) is 1.79. The zero-order valence-electron chi connectivity index (χ0n) is 10.8. The molecule has 0 aliphatic rings. The van der Waals surface area contributed by atoms with E-state index in [2.05, 4.69) is 9.97 Å². The van der Waals surface area contributed by atoms with E-state index in [1.807, 2.05) is 25.1 Å². The number of hydrogen-bond donors (Lipinski definition) is 1. The van der Waals surface area contributed by atoms with E-state index < -0.39 is 5.97 Å². The number of carboxylic acid groups (broad SMARTS) is 1. The van der Waals surface area contributed by atoms with Crippen LogP contribution in [0.15, 0.2) is 30.5 Å². The van der Waals surface area contributed by atoms with Crippen LogP contribution in [0.1, 0.15) is 23.1 Å². The molecular formula is C14H14N2O3. The van der Waals surface area contributed by atoms with Gasteiger partial charge in [-0.25, -0.2) is 14.8 Å². The van der Waals surface area contributed by atoms with Gasteiger partial charge in [0.2, 0.25) is 5.82 Å². The van der Waals surface area contributed by atoms with Crippen LogP contribution in [0.2, 0.25) is 0 Å². The third-order valence-corrected chi connectivity index (χ3v) is 2.79. The Morgan fingerprint density at radius 3 is 2.79 bits per heavy atom. The van der Waals surface area contributed by atoms with Crippen LogP contribution < -0.4 is 4.74 Å². The van der Waals surface area contributed by atoms with Crippen LogP contribution in [0.5, 0.6) is 5.75 Å². The van der Waals surface area contributed by atoms with Gasteiger partial charge >= 0.3 is 5.97 Å². The minimum atomic E-state index is -1.15. The van der Waals surface area contributed by atoms with E-state index in [9.17, 15) is 4.79 Å². The zero-order valence-corrected chi connectivity index (χ0v) is 10.8. The Hall–Kier alpha value is -2.43. The number of ether oxygens (including phenoxy) is 1. The van der Waals surface area contributed by atoms with Crippen molar-refractivity contribution in [2.24, 2.45) is 0 Å². The molecule has 98 valence electrons. The largest absolute Gasteiger partial charge is 0.496 e. The molecule has 0 amide bonds. The van der Waals surface area contributed by atoms with Gasteiger partial charge in [-0.05, 0) is 30.2 Å². The molecule has 0 atom stereocenters. The fourth-order valence-corrected chi connectivity index (χ4v) is 1.79. The molecule has 0 unspecified atom stereocenters. The summed E-state index contributed by atoms with van der Waals surface area (Å²) in [7, 11) is 1.57. The predicted molar refractivity (Wildman–Crippen MR) is 70.4 cm³/mol. The molecule has 0 radical (unpaired) electrons. The highest BCUT2D eigenvalue weighted by molar-refractivity contribution is 5.84. The molecule has 0 aliphatic carbocycles. The molecule has 0 saturated carbocycles. The lowest BCUT2D eigenvalue weighted by molar-refractivity contribution is 0.0683. The third kappa shape index (κ3) is 2.70. The maximum absolute atomic E-state index is 10.9. The van der Waals surface area contributed by atoms with Crippen molar-refractivity contribution in [1.82, 2.24) is 9.97 Å². The molecule has 2 aromatic rings. The van der Waals surface area contributed by atoms with Gasteiger partial charge in [-0.3, -0.25) is 0 Å². The molecule has 1 aromatic heterocycles. The van der Waals surface area contributed by atoms with Gasteiger partial charge < -0.3 is 9.84 Å². The third-order valence-electron chi connectivity index (χ3n) is 2.79. The van der Waals surface area contributed by atoms with Crippen LogP contribution in [0.3, 0.4) is 0 Å². The average Bonchev–Trinajstić information content (AvgIpc) is 2.46. The summed E-state index contributed by atoms with van der Waals surface area (Å²) in [5, 5.41) is 8.93. The topological polar surface area (TPSA) is 72.3 Å². The van der Waals surface area contributed by atoms with Gasteiger partial charge in [0.1, 0.15) is 5.75 Å². The normalized spacial score (nSPS) is 10.2. The van der Waals surface area contributed by atoms with Crippen LogP contribution in [-0.2, 0) is 6.42 Å². The second-order valence-corrected chi connectivity index (χ2v) is 3.96. The van der Waals surface area contributed by atoms with Gasteiger partial charge in [-0.2, -0.15) is 0 Å². The van der Waals surface area contributed by atoms with Gasteiger partial charge in [0.15, 0.2) is 0 Å². The first-order chi connectivity index (χ1) is 9.15. The highest BCUT2D eigenvalue weighted by Gasteiger charge is 2.12. The SMILES string of the molecule is CCc1ccc(OC)c(-c2ccnc(C(=O)O)n2)c1. The molecule has 0 saturated heterocycles. The number of hydrogen-bond acceptors (Lipinski definition) is 4. The summed E-state index contributed by atoms with van der Waals surface area (Å²) in [5.41, 5.74) is 2.44. The first-order valence-electron chi connectivity index (χ1n) is 5.89. The molecule has 5 nitrogen and oxygen atoms in total. The number of aromatic nitrogens is 2. The van der Waals surface area contributed by atoms with Gasteiger partial charge in [0.05, 0.1) is 12.8 Å². The highest BCUT2D eigenvalue weighted by atomic mass is 16.5. The number of benzene rings is 1. The number of nitrogens with zero attached hydrogens (tertiary/aromatic N) is 2. The van der Waals surface area contributed by atoms with E-state index in [-0.39, 0.29) is 5.82 Å². The summed E-state index contributed by atoms with van der Waals surface area (Å²) in [6.45, 7) is 2.05. The minimum Gasteiger partial charge on any atom is -0.496 e. The minimum absolute atomic E-state index is 0.221. The van der Waals surface area contributed by atoms with Gasteiger partial charge in [-0.15, -0.1) is 0 Å². The van der Waals surface area contributed by atoms with Crippen molar-refractivity contribution in [3.8, 4) is 17.0 Å². The Labute approximate surface area is 110 Å². The monoisotopic (exact) mass is 258 g/mol. The van der Waals surface area contributed by atoms with E-state index in [4.69, 9.17) is 9.84 Å². The summed E-state index contributed by atoms with van der Waals surface area (Å²) >= 11 is 0. The van der Waals surface area contributed by atoms with E-state index in [1.54, 1.807) is 13.2 Å². The van der Waals surface area contributed by atoms with Crippen molar-refractivity contribution < 1.29 is 14.6 Å². The molecule has 19 heavy (non-hydrogen) atoms. The van der Waals surface area contributed by atoms with E-state index in [0.29, 0.717) is 11.4 Å². The van der Waals surface area contributed by atoms with Gasteiger partial charge in [0.25, 0.3) is 0 Å². The number of aromatic carboxylic acids is 1. The maximum Gasteiger partial charge on any atom is 0.373 e. The first-order valence-corrected chi connectivity index (χ1v) is 5.89. The highest BCUT2D eigenvalue weighted by Crippen LogP contribution is 2.29. The molecule has 1 N–H and O–H groups in total. The van der Waals surface area contributed by atoms with Crippen LogP contribution in [0, 0.1) is 0 Å². The summed E-state index contributed by atoms with van der Waals surface area (Å²) in [6, 6.07) is 7.45. The van der Waals surface area contributed by atoms with Crippen molar-refractivity contribution >= 4 is 5.97 Å². The van der Waals surface area contributed by atoms with Crippen molar-refractivity contribution in [1.29, 1.82) is 0 Å². The molecule has 1 aromatic carbocycles. The first kappa shape index (κ1) is 13.0. The predicted octanol–water partition coefficient (Wildman–Crippen LogP) is 2.41. The van der Waals surface area contributed by atoms with E-state index in [0.717, 1.165) is 17.5 Å². The molecule has 5 heteroatoms. The lowest BCUT2D eigenvalue weighted by Crippen LogP contribution is -2.04. The second-order valence-electron chi connectivity index (χ2n) is 3.96. The standard InChI is InChI=1S/C14H14N2O3/c1-3-9-4-5-12(19-2)10(8-9)11-6-7-15-13(16-11)14(17)18/h4-8H,3H2,1-2H3,(H,17,18). The fraction of sp³-hybridized carbons (Fsp3) is 0.214. The van der Waals surface area contributed by atoms with Crippen LogP contribution in [0.4, 0.5) is 0 Å². The summed E-state index contributed by atoms with van der Waals surface area (Å²) in [6.07, 6.45) is 2.32. The molecule has 0 spiro atoms. The molecule has 1 heterocycles. The van der Waals surface area contributed by atoms with Crippen LogP contribution in [0.25, 0.3) is 11.3 Å². The van der Waals surface area contributed by atoms with Crippen molar-refractivity contribution in [3.05, 3.63) is 41.9 Å². The number of methoxy groups -OCH3 is 1. The van der Waals surface area contributed by atoms with E-state index >= 15 is 0 Å². The van der Waals surface area contributed by atoms with Crippen molar-refractivity contribution in [2.75, 3.05) is 7.11 Å². The average molecular weight is 258 g/mol. The number of carbonyl (C=O) groups is 1. The van der Waals surface area contributed by atoms with Crippen LogP contribution in [-0.4, -0.2) is 28.2 Å². The smallest absolute Gasteiger partial charge is 0.373 e. The Bertz CT molecular complexity index is 611. The van der Waals surface area contributed by atoms with Crippen molar-refractivity contribution in [2.45, 2.75) is 13.3 Å². The molecule has 0 bridgehead atoms. The van der Waals surface area contributed by atoms with Crippen LogP contribution >= 0.6 is 0 Å². The molecular weight excluding hydrogens is 244 g/mol. The number of aryl methyl sites for hydroxylation is 1. The molecule has 2 rings (SSSR count). The van der Waals surface area contributed by atoms with Gasteiger partial charge in [-0.1, -0.05) is 13.0 Å². The summed E-state index contributed by atoms with van der Waals surface area (Å²) < 4.78 is 5.29. The second kappa shape index (κ2) is 5.48. The summed E-state index contributed by atoms with van der Waals surface area (Å²) in [5.74, 6) is -0.707. The quantitative estimate of drug-likeness (QED) is 0.911. The zero-order chi connectivity index (χ0) is 13.8. The Kier molecular flexibility index (Phi) is 3.75. The van der Waals surface area contributed by atoms with E-state index in [1.165, 1.54) is 6.20 Å². The Morgan fingerprint density at radius 1 is 1.37 bits per heavy atom. The molecule has 0 aliphatic heterocycles. The lowest BCUT2D eigenvalue weighted by Gasteiger charge is -2.10. The number of carboxylic acids is 1. The molecule has 0 fully saturated rings. The Balaban J connectivity index is 2.56. The van der Waals surface area contributed by atoms with Crippen molar-refractivity contribution in [3.63, 3.8) is 0 Å².